The first-order valence-corrected chi connectivity index (χ1v) is 8.97. The average molecular weight is 381 g/mol. The van der Waals surface area contributed by atoms with E-state index in [4.69, 9.17) is 0 Å². The quantitative estimate of drug-likeness (QED) is 0.685. The molecule has 0 saturated carbocycles. The zero-order chi connectivity index (χ0) is 17.8. The predicted octanol–water partition coefficient (Wildman–Crippen LogP) is 1.51. The fraction of sp³-hybridized carbons (Fsp3) is 0.214. The topological polar surface area (TPSA) is 112 Å². The number of amides is 3. The molecule has 25 heavy (non-hydrogen) atoms. The van der Waals surface area contributed by atoms with E-state index in [2.05, 4.69) is 26.2 Å². The van der Waals surface area contributed by atoms with Crippen molar-refractivity contribution in [3.05, 3.63) is 30.1 Å². The smallest absolute Gasteiger partial charge is 0.284 e. The summed E-state index contributed by atoms with van der Waals surface area (Å²) in [4.78, 5) is 34.9. The Kier molecular flexibility index (Phi) is 5.34. The molecular formula is C14H12FN5O3S2. The number of carbonyl (C=O) groups is 3. The van der Waals surface area contributed by atoms with Crippen molar-refractivity contribution < 1.29 is 18.8 Å². The standard InChI is InChI=1S/C14H12FN5O3S2/c15-7-1-3-8(4-2-7)16-11(21)5-9-12(22)18-13(25-9)20-19-10-6-24-14(23)17-10/h1-4,9H,5-6H2,(H,16,21)(H,17,19,23)(H,18,20,22)/t9-/m0/s1. The highest BCUT2D eigenvalue weighted by Crippen LogP contribution is 2.23. The average Bonchev–Trinajstić information content (AvgIpc) is 3.14. The van der Waals surface area contributed by atoms with Gasteiger partial charge in [-0.05, 0) is 24.3 Å². The fourth-order valence-electron chi connectivity index (χ4n) is 1.98. The molecule has 0 radical (unpaired) electrons. The summed E-state index contributed by atoms with van der Waals surface area (Å²) >= 11 is 2.16. The molecule has 130 valence electrons. The number of benzene rings is 1. The van der Waals surface area contributed by atoms with Crippen LogP contribution in [0.15, 0.2) is 34.5 Å². The second-order valence-electron chi connectivity index (χ2n) is 5.01. The molecule has 8 nitrogen and oxygen atoms in total. The molecule has 1 aromatic rings. The molecule has 3 amide bonds. The summed E-state index contributed by atoms with van der Waals surface area (Å²) in [5.74, 6) is -0.301. The van der Waals surface area contributed by atoms with Gasteiger partial charge in [-0.15, -0.1) is 10.2 Å². The Morgan fingerprint density at radius 2 is 2.00 bits per heavy atom. The predicted molar refractivity (Wildman–Crippen MR) is 95.0 cm³/mol. The lowest BCUT2D eigenvalue weighted by Gasteiger charge is -2.07. The summed E-state index contributed by atoms with van der Waals surface area (Å²) < 4.78 is 12.8. The number of nitrogens with one attached hydrogen (secondary N) is 3. The second kappa shape index (κ2) is 7.66. The molecule has 0 aliphatic carbocycles. The van der Waals surface area contributed by atoms with E-state index in [1.54, 1.807) is 0 Å². The van der Waals surface area contributed by atoms with Crippen LogP contribution in [0.2, 0.25) is 0 Å². The van der Waals surface area contributed by atoms with Crippen molar-refractivity contribution in [1.82, 2.24) is 10.6 Å². The third kappa shape index (κ3) is 4.79. The normalized spacial score (nSPS) is 23.0. The van der Waals surface area contributed by atoms with Gasteiger partial charge in [0.2, 0.25) is 11.8 Å². The van der Waals surface area contributed by atoms with Crippen molar-refractivity contribution in [2.24, 2.45) is 10.2 Å². The Morgan fingerprint density at radius 3 is 2.68 bits per heavy atom. The summed E-state index contributed by atoms with van der Waals surface area (Å²) in [5.41, 5.74) is 0.449. The van der Waals surface area contributed by atoms with E-state index in [0.29, 0.717) is 17.3 Å². The number of anilines is 1. The van der Waals surface area contributed by atoms with E-state index in [1.165, 1.54) is 24.3 Å². The van der Waals surface area contributed by atoms with E-state index in [0.717, 1.165) is 23.5 Å². The maximum absolute atomic E-state index is 12.8. The van der Waals surface area contributed by atoms with E-state index in [9.17, 15) is 18.8 Å². The molecule has 2 heterocycles. The Balaban J connectivity index is 1.54. The van der Waals surface area contributed by atoms with Crippen LogP contribution in [0.4, 0.5) is 14.9 Å². The van der Waals surface area contributed by atoms with E-state index >= 15 is 0 Å². The van der Waals surface area contributed by atoms with Crippen LogP contribution in [0.25, 0.3) is 0 Å². The molecule has 1 aromatic carbocycles. The molecule has 0 spiro atoms. The summed E-state index contributed by atoms with van der Waals surface area (Å²) in [7, 11) is 0. The van der Waals surface area contributed by atoms with Gasteiger partial charge in [0.1, 0.15) is 16.9 Å². The third-order valence-corrected chi connectivity index (χ3v) is 4.98. The maximum Gasteiger partial charge on any atom is 0.284 e. The van der Waals surface area contributed by atoms with Gasteiger partial charge in [0.05, 0.1) is 5.75 Å². The Labute approximate surface area is 150 Å². The molecule has 2 saturated heterocycles. The number of carbonyl (C=O) groups excluding carboxylic acids is 3. The molecule has 3 rings (SSSR count). The molecule has 2 aliphatic rings. The largest absolute Gasteiger partial charge is 0.326 e. The zero-order valence-corrected chi connectivity index (χ0v) is 14.2. The minimum atomic E-state index is -0.632. The molecule has 2 aliphatic heterocycles. The second-order valence-corrected chi connectivity index (χ2v) is 7.15. The minimum Gasteiger partial charge on any atom is -0.326 e. The lowest BCUT2D eigenvalue weighted by molar-refractivity contribution is -0.122. The first kappa shape index (κ1) is 17.4. The summed E-state index contributed by atoms with van der Waals surface area (Å²) in [6, 6.07) is 5.34. The van der Waals surface area contributed by atoms with Crippen LogP contribution >= 0.6 is 23.5 Å². The summed E-state index contributed by atoms with van der Waals surface area (Å²) in [6.07, 6.45) is -0.0595. The highest BCUT2D eigenvalue weighted by molar-refractivity contribution is 8.15. The minimum absolute atomic E-state index is 0.0595. The van der Waals surface area contributed by atoms with Gasteiger partial charge in [0.15, 0.2) is 5.17 Å². The van der Waals surface area contributed by atoms with Crippen LogP contribution in [0.5, 0.6) is 0 Å². The van der Waals surface area contributed by atoms with Gasteiger partial charge in [-0.3, -0.25) is 14.4 Å². The van der Waals surface area contributed by atoms with E-state index in [1.807, 2.05) is 0 Å². The van der Waals surface area contributed by atoms with Crippen molar-refractivity contribution in [2.45, 2.75) is 11.7 Å². The van der Waals surface area contributed by atoms with Gasteiger partial charge in [0, 0.05) is 12.1 Å². The number of nitrogens with zero attached hydrogens (tertiary/aromatic N) is 2. The summed E-state index contributed by atoms with van der Waals surface area (Å²) in [6.45, 7) is 0. The number of thioether (sulfide) groups is 2. The zero-order valence-electron chi connectivity index (χ0n) is 12.6. The summed E-state index contributed by atoms with van der Waals surface area (Å²) in [5, 5.41) is 14.8. The van der Waals surface area contributed by atoms with Crippen LogP contribution in [-0.2, 0) is 9.59 Å². The van der Waals surface area contributed by atoms with Crippen molar-refractivity contribution in [2.75, 3.05) is 11.1 Å². The molecular weight excluding hydrogens is 369 g/mol. The first-order chi connectivity index (χ1) is 12.0. The van der Waals surface area contributed by atoms with Gasteiger partial charge in [-0.25, -0.2) is 4.39 Å². The van der Waals surface area contributed by atoms with E-state index < -0.39 is 11.1 Å². The van der Waals surface area contributed by atoms with Gasteiger partial charge in [-0.1, -0.05) is 23.5 Å². The van der Waals surface area contributed by atoms with Gasteiger partial charge < -0.3 is 16.0 Å². The number of amidine groups is 2. The van der Waals surface area contributed by atoms with Crippen molar-refractivity contribution in [3.8, 4) is 0 Å². The van der Waals surface area contributed by atoms with Crippen LogP contribution in [0.1, 0.15) is 6.42 Å². The first-order valence-electron chi connectivity index (χ1n) is 7.11. The van der Waals surface area contributed by atoms with Gasteiger partial charge in [-0.2, -0.15) is 0 Å². The van der Waals surface area contributed by atoms with E-state index in [-0.39, 0.29) is 28.6 Å². The lowest BCUT2D eigenvalue weighted by Crippen LogP contribution is -2.28. The molecule has 0 bridgehead atoms. The van der Waals surface area contributed by atoms with Crippen LogP contribution in [-0.4, -0.2) is 39.1 Å². The number of hydrogen-bond acceptors (Lipinski definition) is 7. The van der Waals surface area contributed by atoms with Crippen LogP contribution in [0.3, 0.4) is 0 Å². The Hall–Kier alpha value is -2.40. The molecule has 0 unspecified atom stereocenters. The lowest BCUT2D eigenvalue weighted by atomic mass is 10.2. The fourth-order valence-corrected chi connectivity index (χ4v) is 3.49. The van der Waals surface area contributed by atoms with Crippen LogP contribution < -0.4 is 16.0 Å². The third-order valence-electron chi connectivity index (χ3n) is 3.12. The molecule has 11 heteroatoms. The highest BCUT2D eigenvalue weighted by Gasteiger charge is 2.32. The molecule has 3 N–H and O–H groups in total. The van der Waals surface area contributed by atoms with Gasteiger partial charge in [0.25, 0.3) is 5.24 Å². The van der Waals surface area contributed by atoms with Crippen LogP contribution in [0, 0.1) is 5.82 Å². The Morgan fingerprint density at radius 1 is 1.24 bits per heavy atom. The monoisotopic (exact) mass is 381 g/mol. The Bertz CT molecular complexity index is 781. The van der Waals surface area contributed by atoms with Gasteiger partial charge >= 0.3 is 0 Å². The SMILES string of the molecule is O=C(C[C@@H]1S/C(=N/N=C2/CSC(=O)N2)NC1=O)Nc1ccc(F)cc1. The maximum atomic E-state index is 12.8. The molecule has 0 aromatic heterocycles. The molecule has 1 atom stereocenters. The van der Waals surface area contributed by atoms with Crippen molar-refractivity contribution >= 4 is 57.3 Å². The number of hydrogen-bond donors (Lipinski definition) is 3. The van der Waals surface area contributed by atoms with Crippen molar-refractivity contribution in [1.29, 1.82) is 0 Å². The number of halogens is 1. The number of rotatable bonds is 4. The van der Waals surface area contributed by atoms with Crippen molar-refractivity contribution in [3.63, 3.8) is 0 Å². The molecule has 2 fully saturated rings. The highest BCUT2D eigenvalue weighted by atomic mass is 32.2.